The normalized spacial score (nSPS) is 17.7. The highest BCUT2D eigenvalue weighted by molar-refractivity contribution is 14.0. The van der Waals surface area contributed by atoms with Gasteiger partial charge >= 0.3 is 12.3 Å². The smallest absolute Gasteiger partial charge is 0.435 e. The van der Waals surface area contributed by atoms with Gasteiger partial charge in [0, 0.05) is 45.5 Å². The van der Waals surface area contributed by atoms with E-state index in [2.05, 4.69) is 20.7 Å². The van der Waals surface area contributed by atoms with E-state index in [1.807, 2.05) is 4.90 Å². The molecule has 0 saturated carbocycles. The number of nitrogens with one attached hydrogen (secondary N) is 2. The van der Waals surface area contributed by atoms with Crippen molar-refractivity contribution >= 4 is 36.0 Å². The molecule has 0 bridgehead atoms. The van der Waals surface area contributed by atoms with E-state index < -0.39 is 23.6 Å². The molecule has 1 aliphatic rings. The zero-order chi connectivity index (χ0) is 21.1. The second-order valence-corrected chi connectivity index (χ2v) is 7.65. The molecule has 2 rings (SSSR count). The van der Waals surface area contributed by atoms with Gasteiger partial charge in [0.05, 0.1) is 6.04 Å². The van der Waals surface area contributed by atoms with Gasteiger partial charge in [-0.05, 0) is 27.2 Å². The molecular formula is C17H28F3IN6O2. The minimum absolute atomic E-state index is 0. The summed E-state index contributed by atoms with van der Waals surface area (Å²) in [6.07, 6.45) is -2.99. The van der Waals surface area contributed by atoms with Crippen LogP contribution in [-0.4, -0.2) is 58.5 Å². The van der Waals surface area contributed by atoms with Gasteiger partial charge in [0.25, 0.3) is 0 Å². The third-order valence-corrected chi connectivity index (χ3v) is 4.03. The SMILES string of the molecule is CN=C(NCc1cn(C)nc1C(F)(F)F)N1CCC(NC(=O)OC(C)(C)C)C1.I. The van der Waals surface area contributed by atoms with Crippen molar-refractivity contribution < 1.29 is 22.7 Å². The number of rotatable bonds is 3. The number of amides is 1. The number of hydrogen-bond donors (Lipinski definition) is 2. The summed E-state index contributed by atoms with van der Waals surface area (Å²) < 4.78 is 45.6. The molecule has 12 heteroatoms. The number of carbonyl (C=O) groups is 1. The van der Waals surface area contributed by atoms with Crippen LogP contribution in [-0.2, 0) is 24.5 Å². The Morgan fingerprint density at radius 1 is 1.38 bits per heavy atom. The average molecular weight is 532 g/mol. The van der Waals surface area contributed by atoms with Crippen molar-refractivity contribution in [1.29, 1.82) is 0 Å². The van der Waals surface area contributed by atoms with E-state index in [-0.39, 0.29) is 42.1 Å². The minimum atomic E-state index is -4.52. The van der Waals surface area contributed by atoms with Gasteiger partial charge in [-0.15, -0.1) is 24.0 Å². The van der Waals surface area contributed by atoms with E-state index in [4.69, 9.17) is 4.74 Å². The lowest BCUT2D eigenvalue weighted by Crippen LogP contribution is -2.44. The molecule has 1 atom stereocenters. The van der Waals surface area contributed by atoms with Crippen molar-refractivity contribution in [2.45, 2.75) is 51.6 Å². The molecule has 8 nitrogen and oxygen atoms in total. The number of aromatic nitrogens is 2. The van der Waals surface area contributed by atoms with Crippen LogP contribution in [0.2, 0.25) is 0 Å². The molecule has 1 amide bonds. The number of carbonyl (C=O) groups excluding carboxylic acids is 1. The van der Waals surface area contributed by atoms with Gasteiger partial charge in [-0.25, -0.2) is 4.79 Å². The number of hydrogen-bond acceptors (Lipinski definition) is 4. The summed E-state index contributed by atoms with van der Waals surface area (Å²) in [5, 5.41) is 9.24. The lowest BCUT2D eigenvalue weighted by Gasteiger charge is -2.23. The van der Waals surface area contributed by atoms with Crippen LogP contribution in [0.3, 0.4) is 0 Å². The van der Waals surface area contributed by atoms with Crippen molar-refractivity contribution in [1.82, 2.24) is 25.3 Å². The number of ether oxygens (including phenoxy) is 1. The number of halogens is 4. The number of nitrogens with zero attached hydrogens (tertiary/aromatic N) is 4. The second-order valence-electron chi connectivity index (χ2n) is 7.65. The first-order valence-electron chi connectivity index (χ1n) is 8.94. The molecule has 1 fully saturated rings. The Bertz CT molecular complexity index is 730. The maximum Gasteiger partial charge on any atom is 0.435 e. The molecule has 0 aliphatic carbocycles. The van der Waals surface area contributed by atoms with E-state index in [1.54, 1.807) is 27.8 Å². The van der Waals surface area contributed by atoms with Gasteiger partial charge in [0.1, 0.15) is 5.60 Å². The van der Waals surface area contributed by atoms with E-state index in [1.165, 1.54) is 13.2 Å². The van der Waals surface area contributed by atoms with Crippen molar-refractivity contribution in [3.63, 3.8) is 0 Å². The predicted octanol–water partition coefficient (Wildman–Crippen LogP) is 2.73. The number of aliphatic imine (C=N–C) groups is 1. The summed E-state index contributed by atoms with van der Waals surface area (Å²) in [5.74, 6) is 0.463. The number of alkyl halides is 3. The van der Waals surface area contributed by atoms with Crippen LogP contribution in [0.25, 0.3) is 0 Å². The van der Waals surface area contributed by atoms with E-state index in [9.17, 15) is 18.0 Å². The van der Waals surface area contributed by atoms with Gasteiger partial charge < -0.3 is 20.3 Å². The van der Waals surface area contributed by atoms with E-state index in [0.29, 0.717) is 25.5 Å². The Hall–Kier alpha value is -1.73. The van der Waals surface area contributed by atoms with Crippen molar-refractivity contribution in [2.24, 2.45) is 12.0 Å². The molecule has 0 radical (unpaired) electrons. The summed E-state index contributed by atoms with van der Waals surface area (Å²) in [5.41, 5.74) is -1.46. The predicted molar refractivity (Wildman–Crippen MR) is 113 cm³/mol. The fraction of sp³-hybridized carbons (Fsp3) is 0.706. The van der Waals surface area contributed by atoms with Crippen molar-refractivity contribution in [3.8, 4) is 0 Å². The van der Waals surface area contributed by atoms with Gasteiger partial charge in [-0.2, -0.15) is 18.3 Å². The number of guanidine groups is 1. The molecule has 2 N–H and O–H groups in total. The first kappa shape index (κ1) is 25.3. The van der Waals surface area contributed by atoms with Crippen molar-refractivity contribution in [3.05, 3.63) is 17.5 Å². The van der Waals surface area contributed by atoms with Crippen LogP contribution in [0.15, 0.2) is 11.2 Å². The fourth-order valence-corrected chi connectivity index (χ4v) is 2.96. The lowest BCUT2D eigenvalue weighted by molar-refractivity contribution is -0.142. The maximum atomic E-state index is 13.1. The Morgan fingerprint density at radius 3 is 2.59 bits per heavy atom. The molecule has 0 spiro atoms. The quantitative estimate of drug-likeness (QED) is 0.356. The van der Waals surface area contributed by atoms with Gasteiger partial charge in [0.2, 0.25) is 0 Å². The Morgan fingerprint density at radius 2 is 2.03 bits per heavy atom. The zero-order valence-electron chi connectivity index (χ0n) is 17.1. The molecule has 1 aromatic rings. The molecular weight excluding hydrogens is 504 g/mol. The Kier molecular flexibility index (Phi) is 8.59. The fourth-order valence-electron chi connectivity index (χ4n) is 2.96. The molecule has 1 aliphatic heterocycles. The molecule has 1 saturated heterocycles. The third-order valence-electron chi connectivity index (χ3n) is 4.03. The van der Waals surface area contributed by atoms with E-state index >= 15 is 0 Å². The monoisotopic (exact) mass is 532 g/mol. The van der Waals surface area contributed by atoms with Gasteiger partial charge in [-0.1, -0.05) is 0 Å². The van der Waals surface area contributed by atoms with Crippen LogP contribution in [0.1, 0.15) is 38.4 Å². The van der Waals surface area contributed by atoms with Crippen LogP contribution in [0.4, 0.5) is 18.0 Å². The molecule has 2 heterocycles. The maximum absolute atomic E-state index is 13.1. The standard InChI is InChI=1S/C17H27F3N6O2.HI/c1-16(2,3)28-15(27)23-12-6-7-26(10-12)14(21-4)22-8-11-9-25(5)24-13(11)17(18,19)20;/h9,12H,6-8,10H2,1-5H3,(H,21,22)(H,23,27);1H. The third kappa shape index (κ3) is 7.55. The lowest BCUT2D eigenvalue weighted by atomic mass is 10.2. The zero-order valence-corrected chi connectivity index (χ0v) is 19.5. The van der Waals surface area contributed by atoms with Crippen molar-refractivity contribution in [2.75, 3.05) is 20.1 Å². The first-order chi connectivity index (χ1) is 12.9. The number of aryl methyl sites for hydroxylation is 1. The summed E-state index contributed by atoms with van der Waals surface area (Å²) >= 11 is 0. The summed E-state index contributed by atoms with van der Waals surface area (Å²) in [4.78, 5) is 17.9. The highest BCUT2D eigenvalue weighted by Gasteiger charge is 2.37. The average Bonchev–Trinajstić information content (AvgIpc) is 3.12. The Balaban J connectivity index is 0.00000420. The summed E-state index contributed by atoms with van der Waals surface area (Å²) in [6.45, 7) is 6.39. The topological polar surface area (TPSA) is 83.8 Å². The van der Waals surface area contributed by atoms with Crippen LogP contribution < -0.4 is 10.6 Å². The van der Waals surface area contributed by atoms with Crippen LogP contribution in [0.5, 0.6) is 0 Å². The molecule has 0 aromatic carbocycles. The molecule has 29 heavy (non-hydrogen) atoms. The highest BCUT2D eigenvalue weighted by Crippen LogP contribution is 2.30. The Labute approximate surface area is 185 Å². The number of likely N-dealkylation sites (tertiary alicyclic amines) is 1. The second kappa shape index (κ2) is 9.85. The van der Waals surface area contributed by atoms with E-state index in [0.717, 1.165) is 4.68 Å². The summed E-state index contributed by atoms with van der Waals surface area (Å²) in [7, 11) is 3.01. The van der Waals surface area contributed by atoms with Crippen LogP contribution in [0, 0.1) is 0 Å². The van der Waals surface area contributed by atoms with Gasteiger partial charge in [0.15, 0.2) is 11.7 Å². The van der Waals surface area contributed by atoms with Crippen LogP contribution >= 0.6 is 24.0 Å². The first-order valence-corrected chi connectivity index (χ1v) is 8.94. The molecule has 1 aromatic heterocycles. The van der Waals surface area contributed by atoms with Gasteiger partial charge in [-0.3, -0.25) is 9.67 Å². The molecule has 166 valence electrons. The minimum Gasteiger partial charge on any atom is -0.444 e. The number of alkyl carbamates (subject to hydrolysis) is 1. The largest absolute Gasteiger partial charge is 0.444 e. The molecule has 1 unspecified atom stereocenters. The highest BCUT2D eigenvalue weighted by atomic mass is 127. The summed E-state index contributed by atoms with van der Waals surface area (Å²) in [6, 6.07) is -0.127.